The molecule has 0 saturated carbocycles. The van der Waals surface area contributed by atoms with Crippen molar-refractivity contribution in [3.63, 3.8) is 0 Å². The van der Waals surface area contributed by atoms with Gasteiger partial charge in [0, 0.05) is 26.2 Å². The van der Waals surface area contributed by atoms with E-state index in [-0.39, 0.29) is 17.2 Å². The number of pyridine rings is 1. The van der Waals surface area contributed by atoms with E-state index in [1.807, 2.05) is 19.9 Å². The Labute approximate surface area is 201 Å². The first-order valence-electron chi connectivity index (χ1n) is 11.7. The molecule has 0 amide bonds. The van der Waals surface area contributed by atoms with Crippen LogP contribution in [0, 0.1) is 5.92 Å². The molecule has 184 valence electrons. The molecule has 8 nitrogen and oxygen atoms in total. The van der Waals surface area contributed by atoms with Crippen molar-refractivity contribution >= 4 is 27.0 Å². The Kier molecular flexibility index (Phi) is 8.43. The minimum atomic E-state index is -3.94. The van der Waals surface area contributed by atoms with E-state index in [2.05, 4.69) is 16.5 Å². The van der Waals surface area contributed by atoms with Crippen molar-refractivity contribution < 1.29 is 18.3 Å². The number of imidazole rings is 1. The maximum atomic E-state index is 13.1. The molecule has 9 heteroatoms. The number of aryl methyl sites for hydroxylation is 1. The predicted octanol–water partition coefficient (Wildman–Crippen LogP) is 4.33. The number of carboxylic acid groups (broad SMARTS) is 1. The van der Waals surface area contributed by atoms with Crippen molar-refractivity contribution in [3.05, 3.63) is 54.1 Å². The molecule has 34 heavy (non-hydrogen) atoms. The SMILES string of the molecule is CCCCCc1nc2cnccc2n1Cc1ccc(S(=O)(=O)N(C)[C@@H](CC(C)C)C(=O)O)cc1. The molecule has 0 bridgehead atoms. The zero-order valence-electron chi connectivity index (χ0n) is 20.3. The molecule has 0 spiro atoms. The molecule has 3 rings (SSSR count). The second-order valence-corrected chi connectivity index (χ2v) is 11.1. The Morgan fingerprint density at radius 1 is 1.15 bits per heavy atom. The Morgan fingerprint density at radius 3 is 2.47 bits per heavy atom. The molecule has 1 atom stereocenters. The van der Waals surface area contributed by atoms with E-state index in [0.717, 1.165) is 52.4 Å². The largest absolute Gasteiger partial charge is 0.480 e. The van der Waals surface area contributed by atoms with Gasteiger partial charge in [-0.15, -0.1) is 0 Å². The number of rotatable bonds is 12. The predicted molar refractivity (Wildman–Crippen MR) is 132 cm³/mol. The maximum Gasteiger partial charge on any atom is 0.322 e. The summed E-state index contributed by atoms with van der Waals surface area (Å²) in [4.78, 5) is 20.7. The van der Waals surface area contributed by atoms with Gasteiger partial charge in [-0.05, 0) is 42.5 Å². The number of sulfonamides is 1. The highest BCUT2D eigenvalue weighted by atomic mass is 32.2. The lowest BCUT2D eigenvalue weighted by atomic mass is 10.0. The molecule has 0 aliphatic rings. The van der Waals surface area contributed by atoms with Gasteiger partial charge >= 0.3 is 5.97 Å². The zero-order valence-corrected chi connectivity index (χ0v) is 21.1. The molecule has 0 radical (unpaired) electrons. The number of carboxylic acids is 1. The quantitative estimate of drug-likeness (QED) is 0.382. The average Bonchev–Trinajstić information content (AvgIpc) is 3.14. The van der Waals surface area contributed by atoms with Crippen LogP contribution in [0.2, 0.25) is 0 Å². The normalized spacial score (nSPS) is 13.1. The molecule has 0 saturated heterocycles. The van der Waals surface area contributed by atoms with Crippen LogP contribution in [0.3, 0.4) is 0 Å². The molecule has 0 aliphatic carbocycles. The van der Waals surface area contributed by atoms with Crippen molar-refractivity contribution in [2.24, 2.45) is 5.92 Å². The molecule has 1 N–H and O–H groups in total. The van der Waals surface area contributed by atoms with Crippen molar-refractivity contribution in [1.82, 2.24) is 18.8 Å². The third-order valence-electron chi connectivity index (χ3n) is 5.99. The second kappa shape index (κ2) is 11.1. The van der Waals surface area contributed by atoms with E-state index >= 15 is 0 Å². The van der Waals surface area contributed by atoms with E-state index < -0.39 is 22.0 Å². The summed E-state index contributed by atoms with van der Waals surface area (Å²) in [7, 11) is -2.61. The van der Waals surface area contributed by atoms with Crippen molar-refractivity contribution in [2.75, 3.05) is 7.05 Å². The number of hydrogen-bond acceptors (Lipinski definition) is 5. The van der Waals surface area contributed by atoms with Gasteiger partial charge in [0.1, 0.15) is 17.4 Å². The van der Waals surface area contributed by atoms with Gasteiger partial charge in [0.25, 0.3) is 0 Å². The van der Waals surface area contributed by atoms with E-state index in [4.69, 9.17) is 4.98 Å². The second-order valence-electron chi connectivity index (χ2n) is 9.08. The molecule has 0 fully saturated rings. The van der Waals surface area contributed by atoms with Gasteiger partial charge in [0.15, 0.2) is 0 Å². The Morgan fingerprint density at radius 2 is 1.85 bits per heavy atom. The Balaban J connectivity index is 1.85. The highest BCUT2D eigenvalue weighted by Crippen LogP contribution is 2.23. The van der Waals surface area contributed by atoms with Crippen LogP contribution in [0.1, 0.15) is 57.8 Å². The smallest absolute Gasteiger partial charge is 0.322 e. The van der Waals surface area contributed by atoms with Gasteiger partial charge in [-0.3, -0.25) is 9.78 Å². The highest BCUT2D eigenvalue weighted by Gasteiger charge is 2.33. The molecule has 2 heterocycles. The fourth-order valence-corrected chi connectivity index (χ4v) is 5.39. The zero-order chi connectivity index (χ0) is 24.9. The van der Waals surface area contributed by atoms with Crippen LogP contribution in [-0.2, 0) is 27.8 Å². The number of benzene rings is 1. The van der Waals surface area contributed by atoms with E-state index in [1.165, 1.54) is 7.05 Å². The minimum Gasteiger partial charge on any atom is -0.480 e. The van der Waals surface area contributed by atoms with Crippen LogP contribution < -0.4 is 0 Å². The summed E-state index contributed by atoms with van der Waals surface area (Å²) in [6, 6.07) is 7.49. The van der Waals surface area contributed by atoms with Crippen LogP contribution in [0.25, 0.3) is 11.0 Å². The molecule has 0 unspecified atom stereocenters. The van der Waals surface area contributed by atoms with Crippen LogP contribution >= 0.6 is 0 Å². The lowest BCUT2D eigenvalue weighted by Gasteiger charge is -2.25. The van der Waals surface area contributed by atoms with E-state index in [9.17, 15) is 18.3 Å². The number of likely N-dealkylation sites (N-methyl/N-ethyl adjacent to an activating group) is 1. The van der Waals surface area contributed by atoms with Gasteiger partial charge in [-0.2, -0.15) is 4.31 Å². The molecule has 0 aliphatic heterocycles. The topological polar surface area (TPSA) is 105 Å². The number of nitrogens with zero attached hydrogens (tertiary/aromatic N) is 4. The fraction of sp³-hybridized carbons (Fsp3) is 0.480. The summed E-state index contributed by atoms with van der Waals surface area (Å²) in [6.45, 7) is 6.47. The van der Waals surface area contributed by atoms with Crippen molar-refractivity contribution in [2.45, 2.75) is 70.4 Å². The first-order chi connectivity index (χ1) is 16.1. The lowest BCUT2D eigenvalue weighted by molar-refractivity contribution is -0.141. The molecule has 2 aromatic heterocycles. The van der Waals surface area contributed by atoms with Gasteiger partial charge in [0.05, 0.1) is 16.6 Å². The Bertz CT molecular complexity index is 1220. The fourth-order valence-electron chi connectivity index (χ4n) is 4.07. The number of carbonyl (C=O) groups is 1. The third-order valence-corrected chi connectivity index (χ3v) is 7.87. The monoisotopic (exact) mass is 486 g/mol. The van der Waals surface area contributed by atoms with Crippen LogP contribution in [-0.4, -0.2) is 51.4 Å². The third kappa shape index (κ3) is 5.82. The highest BCUT2D eigenvalue weighted by molar-refractivity contribution is 7.89. The summed E-state index contributed by atoms with van der Waals surface area (Å²) < 4.78 is 29.3. The maximum absolute atomic E-state index is 13.1. The summed E-state index contributed by atoms with van der Waals surface area (Å²) in [5, 5.41) is 9.56. The average molecular weight is 487 g/mol. The number of aliphatic carboxylic acids is 1. The summed E-state index contributed by atoms with van der Waals surface area (Å²) in [6.07, 6.45) is 7.94. The number of fused-ring (bicyclic) bond motifs is 1. The lowest BCUT2D eigenvalue weighted by Crippen LogP contribution is -2.43. The van der Waals surface area contributed by atoms with Gasteiger partial charge in [0.2, 0.25) is 10.0 Å². The Hall–Kier alpha value is -2.78. The van der Waals surface area contributed by atoms with E-state index in [1.54, 1.807) is 36.7 Å². The number of aromatic nitrogens is 3. The summed E-state index contributed by atoms with van der Waals surface area (Å²) in [5.74, 6) is -0.104. The van der Waals surface area contributed by atoms with E-state index in [0.29, 0.717) is 6.54 Å². The van der Waals surface area contributed by atoms with Gasteiger partial charge in [-0.1, -0.05) is 45.7 Å². The van der Waals surface area contributed by atoms with Crippen LogP contribution in [0.4, 0.5) is 0 Å². The van der Waals surface area contributed by atoms with Crippen LogP contribution in [0.15, 0.2) is 47.6 Å². The van der Waals surface area contributed by atoms with Gasteiger partial charge in [-0.25, -0.2) is 13.4 Å². The standard InChI is InChI=1S/C25H34N4O4S/c1-5-6-7-8-24-27-21-16-26-14-13-22(21)29(24)17-19-9-11-20(12-10-19)34(32,33)28(4)23(25(30)31)15-18(2)3/h9-14,16,18,23H,5-8,15,17H2,1-4H3,(H,30,31)/t23-/m0/s1. The molecule has 1 aromatic carbocycles. The summed E-state index contributed by atoms with van der Waals surface area (Å²) >= 11 is 0. The first kappa shape index (κ1) is 25.8. The molecular weight excluding hydrogens is 452 g/mol. The van der Waals surface area contributed by atoms with Crippen molar-refractivity contribution in [1.29, 1.82) is 0 Å². The summed E-state index contributed by atoms with van der Waals surface area (Å²) in [5.41, 5.74) is 2.78. The van der Waals surface area contributed by atoms with Crippen molar-refractivity contribution in [3.8, 4) is 0 Å². The number of unbranched alkanes of at least 4 members (excludes halogenated alkanes) is 2. The molecule has 3 aromatic rings. The minimum absolute atomic E-state index is 0.0489. The van der Waals surface area contributed by atoms with Gasteiger partial charge < -0.3 is 9.67 Å². The molecular formula is C25H34N4O4S. The number of hydrogen-bond donors (Lipinski definition) is 1. The first-order valence-corrected chi connectivity index (χ1v) is 13.2. The van der Waals surface area contributed by atoms with Crippen LogP contribution in [0.5, 0.6) is 0 Å².